The quantitative estimate of drug-likeness (QED) is 0.589. The SMILES string of the molecule is CS(=O)(=O)Oc1ccc2c(c1)O/C(=C/c1cccc(Br)c1)C2=O. The van der Waals surface area contributed by atoms with E-state index in [0.717, 1.165) is 16.3 Å². The van der Waals surface area contributed by atoms with E-state index in [1.807, 2.05) is 24.3 Å². The second-order valence-electron chi connectivity index (χ2n) is 4.94. The maximum Gasteiger partial charge on any atom is 0.306 e. The first-order chi connectivity index (χ1) is 10.8. The first-order valence-electron chi connectivity index (χ1n) is 6.55. The van der Waals surface area contributed by atoms with E-state index >= 15 is 0 Å². The van der Waals surface area contributed by atoms with Crippen molar-refractivity contribution >= 4 is 37.9 Å². The minimum Gasteiger partial charge on any atom is -0.452 e. The molecule has 0 saturated carbocycles. The van der Waals surface area contributed by atoms with Gasteiger partial charge in [-0.2, -0.15) is 8.42 Å². The van der Waals surface area contributed by atoms with Gasteiger partial charge in [-0.25, -0.2) is 0 Å². The molecule has 0 fully saturated rings. The summed E-state index contributed by atoms with van der Waals surface area (Å²) in [5.74, 6) is 0.292. The molecule has 5 nitrogen and oxygen atoms in total. The predicted molar refractivity (Wildman–Crippen MR) is 89.0 cm³/mol. The monoisotopic (exact) mass is 394 g/mol. The molecule has 1 aliphatic heterocycles. The number of carbonyl (C=O) groups excluding carboxylic acids is 1. The van der Waals surface area contributed by atoms with E-state index in [1.54, 1.807) is 6.08 Å². The molecule has 0 saturated heterocycles. The Balaban J connectivity index is 1.92. The Hall–Kier alpha value is -2.12. The van der Waals surface area contributed by atoms with Gasteiger partial charge in [0.15, 0.2) is 5.76 Å². The van der Waals surface area contributed by atoms with Gasteiger partial charge in [-0.3, -0.25) is 4.79 Å². The van der Waals surface area contributed by atoms with Gasteiger partial charge < -0.3 is 8.92 Å². The zero-order valence-electron chi connectivity index (χ0n) is 11.9. The molecule has 2 aromatic rings. The average molecular weight is 395 g/mol. The van der Waals surface area contributed by atoms with Crippen LogP contribution in [0.15, 0.2) is 52.7 Å². The van der Waals surface area contributed by atoms with Crippen molar-refractivity contribution in [1.82, 2.24) is 0 Å². The molecular formula is C16H11BrO5S. The summed E-state index contributed by atoms with van der Waals surface area (Å²) in [6.07, 6.45) is 2.58. The molecule has 3 rings (SSSR count). The van der Waals surface area contributed by atoms with Crippen LogP contribution in [-0.2, 0) is 10.1 Å². The van der Waals surface area contributed by atoms with Gasteiger partial charge in [-0.1, -0.05) is 28.1 Å². The van der Waals surface area contributed by atoms with Crippen LogP contribution in [0, 0.1) is 0 Å². The molecule has 0 spiro atoms. The highest BCUT2D eigenvalue weighted by Gasteiger charge is 2.28. The van der Waals surface area contributed by atoms with E-state index in [4.69, 9.17) is 8.92 Å². The highest BCUT2D eigenvalue weighted by Crippen LogP contribution is 2.35. The second-order valence-corrected chi connectivity index (χ2v) is 7.43. The molecule has 23 heavy (non-hydrogen) atoms. The van der Waals surface area contributed by atoms with Crippen LogP contribution >= 0.6 is 15.9 Å². The van der Waals surface area contributed by atoms with Gasteiger partial charge in [0.1, 0.15) is 11.5 Å². The van der Waals surface area contributed by atoms with Crippen molar-refractivity contribution in [3.8, 4) is 11.5 Å². The first-order valence-corrected chi connectivity index (χ1v) is 9.16. The van der Waals surface area contributed by atoms with Crippen molar-refractivity contribution in [3.63, 3.8) is 0 Å². The smallest absolute Gasteiger partial charge is 0.306 e. The second kappa shape index (κ2) is 5.82. The highest BCUT2D eigenvalue weighted by molar-refractivity contribution is 9.10. The molecule has 0 amide bonds. The molecular weight excluding hydrogens is 384 g/mol. The van der Waals surface area contributed by atoms with Crippen LogP contribution in [0.25, 0.3) is 6.08 Å². The lowest BCUT2D eigenvalue weighted by molar-refractivity contribution is 0.101. The molecule has 0 radical (unpaired) electrons. The van der Waals surface area contributed by atoms with Gasteiger partial charge in [0.25, 0.3) is 0 Å². The van der Waals surface area contributed by atoms with Crippen LogP contribution < -0.4 is 8.92 Å². The first kappa shape index (κ1) is 15.8. The summed E-state index contributed by atoms with van der Waals surface area (Å²) in [7, 11) is -3.64. The maximum absolute atomic E-state index is 12.3. The number of hydrogen-bond acceptors (Lipinski definition) is 5. The number of fused-ring (bicyclic) bond motifs is 1. The third kappa shape index (κ3) is 3.62. The summed E-state index contributed by atoms with van der Waals surface area (Å²) in [6, 6.07) is 11.7. The van der Waals surface area contributed by atoms with Gasteiger partial charge in [0.05, 0.1) is 11.8 Å². The Morgan fingerprint density at radius 1 is 1.17 bits per heavy atom. The Labute approximate surface area is 141 Å². The summed E-state index contributed by atoms with van der Waals surface area (Å²) in [4.78, 5) is 12.3. The van der Waals surface area contributed by atoms with Crippen LogP contribution in [0.3, 0.4) is 0 Å². The van der Waals surface area contributed by atoms with Crippen molar-refractivity contribution in [2.45, 2.75) is 0 Å². The minimum atomic E-state index is -3.64. The molecule has 1 aliphatic rings. The highest BCUT2D eigenvalue weighted by atomic mass is 79.9. The van der Waals surface area contributed by atoms with Crippen molar-refractivity contribution in [2.24, 2.45) is 0 Å². The molecule has 1 heterocycles. The van der Waals surface area contributed by atoms with Crippen LogP contribution in [0.2, 0.25) is 0 Å². The van der Waals surface area contributed by atoms with E-state index in [2.05, 4.69) is 15.9 Å². The Morgan fingerprint density at radius 3 is 2.65 bits per heavy atom. The van der Waals surface area contributed by atoms with E-state index < -0.39 is 10.1 Å². The van der Waals surface area contributed by atoms with Crippen molar-refractivity contribution in [1.29, 1.82) is 0 Å². The van der Waals surface area contributed by atoms with E-state index in [1.165, 1.54) is 18.2 Å². The number of halogens is 1. The normalized spacial score (nSPS) is 15.4. The molecule has 118 valence electrons. The minimum absolute atomic E-state index is 0.0998. The standard InChI is InChI=1S/C16H11BrO5S/c1-23(19,20)22-12-5-6-13-14(9-12)21-15(16(13)18)8-10-3-2-4-11(17)7-10/h2-9H,1H3/b15-8+. The molecule has 0 unspecified atom stereocenters. The summed E-state index contributed by atoms with van der Waals surface area (Å²) in [5, 5.41) is 0. The summed E-state index contributed by atoms with van der Waals surface area (Å²) >= 11 is 3.36. The number of carbonyl (C=O) groups is 1. The Kier molecular flexibility index (Phi) is 3.99. The number of ketones is 1. The summed E-state index contributed by atoms with van der Waals surface area (Å²) in [5.41, 5.74) is 1.18. The predicted octanol–water partition coefficient (Wildman–Crippen LogP) is 3.40. The van der Waals surface area contributed by atoms with Crippen molar-refractivity contribution < 1.29 is 22.1 Å². The molecule has 0 bridgehead atoms. The maximum atomic E-state index is 12.3. The zero-order chi connectivity index (χ0) is 16.6. The zero-order valence-corrected chi connectivity index (χ0v) is 14.3. The lowest BCUT2D eigenvalue weighted by Crippen LogP contribution is -2.05. The van der Waals surface area contributed by atoms with Crippen LogP contribution in [0.4, 0.5) is 0 Å². The van der Waals surface area contributed by atoms with E-state index in [9.17, 15) is 13.2 Å². The number of rotatable bonds is 3. The van der Waals surface area contributed by atoms with Crippen molar-refractivity contribution in [3.05, 3.63) is 63.8 Å². The third-order valence-corrected chi connectivity index (χ3v) is 4.02. The fourth-order valence-electron chi connectivity index (χ4n) is 2.14. The molecule has 0 aliphatic carbocycles. The number of Topliss-reactive ketones (excluding diaryl/α,β-unsaturated/α-hetero) is 1. The van der Waals surface area contributed by atoms with Crippen LogP contribution in [-0.4, -0.2) is 20.5 Å². The fraction of sp³-hybridized carbons (Fsp3) is 0.0625. The molecule has 7 heteroatoms. The number of allylic oxidation sites excluding steroid dienone is 1. The van der Waals surface area contributed by atoms with Gasteiger partial charge in [-0.15, -0.1) is 0 Å². The lowest BCUT2D eigenvalue weighted by Gasteiger charge is -2.04. The largest absolute Gasteiger partial charge is 0.452 e. The third-order valence-electron chi connectivity index (χ3n) is 3.04. The average Bonchev–Trinajstić information content (AvgIpc) is 2.73. The Morgan fingerprint density at radius 2 is 1.96 bits per heavy atom. The van der Waals surface area contributed by atoms with Gasteiger partial charge in [0, 0.05) is 10.5 Å². The summed E-state index contributed by atoms with van der Waals surface area (Å²) < 4.78 is 33.5. The molecule has 0 N–H and O–H groups in total. The molecule has 2 aromatic carbocycles. The fourth-order valence-corrected chi connectivity index (χ4v) is 3.01. The van der Waals surface area contributed by atoms with E-state index in [-0.39, 0.29) is 23.0 Å². The lowest BCUT2D eigenvalue weighted by atomic mass is 10.1. The van der Waals surface area contributed by atoms with Gasteiger partial charge in [0.2, 0.25) is 5.78 Å². The van der Waals surface area contributed by atoms with E-state index in [0.29, 0.717) is 5.56 Å². The van der Waals surface area contributed by atoms with Gasteiger partial charge >= 0.3 is 10.1 Å². The van der Waals surface area contributed by atoms with Crippen LogP contribution in [0.5, 0.6) is 11.5 Å². The molecule has 0 aromatic heterocycles. The molecule has 0 atom stereocenters. The summed E-state index contributed by atoms with van der Waals surface area (Å²) in [6.45, 7) is 0. The Bertz CT molecular complexity index is 931. The van der Waals surface area contributed by atoms with Gasteiger partial charge in [-0.05, 0) is 35.9 Å². The topological polar surface area (TPSA) is 69.7 Å². The number of hydrogen-bond donors (Lipinski definition) is 0. The van der Waals surface area contributed by atoms with Crippen LogP contribution in [0.1, 0.15) is 15.9 Å². The number of benzene rings is 2. The number of ether oxygens (including phenoxy) is 1. The van der Waals surface area contributed by atoms with Crippen molar-refractivity contribution in [2.75, 3.05) is 6.26 Å².